The van der Waals surface area contributed by atoms with Crippen LogP contribution in [0.15, 0.2) is 34.1 Å². The summed E-state index contributed by atoms with van der Waals surface area (Å²) in [6.07, 6.45) is 1.47. The molecule has 9 heteroatoms. The fraction of sp³-hybridized carbons (Fsp3) is 0.550. The van der Waals surface area contributed by atoms with Crippen LogP contribution in [0, 0.1) is 0 Å². The van der Waals surface area contributed by atoms with E-state index in [0.29, 0.717) is 18.0 Å². The molecule has 0 unspecified atom stereocenters. The van der Waals surface area contributed by atoms with E-state index in [9.17, 15) is 14.4 Å². The van der Waals surface area contributed by atoms with Crippen LogP contribution in [0.25, 0.3) is 0 Å². The second kappa shape index (κ2) is 9.60. The van der Waals surface area contributed by atoms with Crippen LogP contribution < -0.4 is 16.0 Å². The summed E-state index contributed by atoms with van der Waals surface area (Å²) in [5.74, 6) is -0.263. The molecule has 1 aromatic rings. The zero-order valence-electron chi connectivity index (χ0n) is 17.6. The summed E-state index contributed by atoms with van der Waals surface area (Å²) in [6, 6.07) is 2.14. The highest BCUT2D eigenvalue weighted by Crippen LogP contribution is 2.28. The van der Waals surface area contributed by atoms with E-state index < -0.39 is 18.0 Å². The van der Waals surface area contributed by atoms with Gasteiger partial charge < -0.3 is 25.1 Å². The van der Waals surface area contributed by atoms with Gasteiger partial charge in [-0.05, 0) is 46.4 Å². The number of carbonyl (C=O) groups excluding carboxylic acids is 3. The number of rotatable bonds is 8. The van der Waals surface area contributed by atoms with Gasteiger partial charge in [0, 0.05) is 17.8 Å². The van der Waals surface area contributed by atoms with E-state index in [-0.39, 0.29) is 36.7 Å². The molecule has 0 spiro atoms. The lowest BCUT2D eigenvalue weighted by atomic mass is 10.00. The molecule has 29 heavy (non-hydrogen) atoms. The zero-order valence-corrected chi connectivity index (χ0v) is 17.6. The summed E-state index contributed by atoms with van der Waals surface area (Å²) in [6.45, 7) is 10.4. The lowest BCUT2D eigenvalue weighted by molar-refractivity contribution is -0.139. The smallest absolute Gasteiger partial charge is 0.338 e. The number of hydrogen-bond acceptors (Lipinski definition) is 6. The number of carbonyl (C=O) groups is 3. The Morgan fingerprint density at radius 3 is 2.59 bits per heavy atom. The number of likely N-dealkylation sites (N-methyl/N-ethyl adjacent to an activating group) is 1. The van der Waals surface area contributed by atoms with Gasteiger partial charge in [0.1, 0.15) is 11.8 Å². The first-order chi connectivity index (χ1) is 13.6. The number of amides is 3. The van der Waals surface area contributed by atoms with Crippen molar-refractivity contribution in [3.05, 3.63) is 35.4 Å². The zero-order chi connectivity index (χ0) is 21.6. The Bertz CT molecular complexity index is 764. The summed E-state index contributed by atoms with van der Waals surface area (Å²) in [5.41, 5.74) is 0.300. The van der Waals surface area contributed by atoms with Crippen molar-refractivity contribution in [3.8, 4) is 0 Å². The molecule has 1 aliphatic heterocycles. The van der Waals surface area contributed by atoms with Gasteiger partial charge in [0.05, 0.1) is 25.0 Å². The van der Waals surface area contributed by atoms with Crippen LogP contribution in [0.3, 0.4) is 0 Å². The molecule has 3 amide bonds. The Morgan fingerprint density at radius 1 is 1.31 bits per heavy atom. The highest BCUT2D eigenvalue weighted by atomic mass is 16.5. The summed E-state index contributed by atoms with van der Waals surface area (Å²) >= 11 is 0. The fourth-order valence-corrected chi connectivity index (χ4v) is 3.03. The van der Waals surface area contributed by atoms with Crippen molar-refractivity contribution in [2.24, 2.45) is 0 Å². The van der Waals surface area contributed by atoms with Gasteiger partial charge in [-0.3, -0.25) is 9.69 Å². The van der Waals surface area contributed by atoms with Crippen LogP contribution in [0.2, 0.25) is 0 Å². The summed E-state index contributed by atoms with van der Waals surface area (Å²) in [5, 5.41) is 8.31. The van der Waals surface area contributed by atoms with Crippen molar-refractivity contribution in [3.63, 3.8) is 0 Å². The standard InChI is InChI=1S/C20H30N4O5/c1-6-24(12-15(25)23-20(3,4)5)11-13-16(18(26)28-7-2)17(22-19(27)21-13)14-9-8-10-29-14/h8-10,17H,6-7,11-12H2,1-5H3,(H,23,25)(H2,21,22,27)/t17-/m0/s1. The molecule has 160 valence electrons. The molecule has 1 atom stereocenters. The summed E-state index contributed by atoms with van der Waals surface area (Å²) < 4.78 is 10.6. The molecule has 0 saturated heterocycles. The molecule has 2 heterocycles. The van der Waals surface area contributed by atoms with Gasteiger partial charge in [-0.25, -0.2) is 9.59 Å². The second-order valence-electron chi connectivity index (χ2n) is 7.76. The van der Waals surface area contributed by atoms with E-state index in [1.807, 2.05) is 32.6 Å². The molecule has 0 radical (unpaired) electrons. The maximum atomic E-state index is 12.7. The molecule has 2 rings (SSSR count). The van der Waals surface area contributed by atoms with Gasteiger partial charge in [0.2, 0.25) is 5.91 Å². The van der Waals surface area contributed by atoms with Crippen LogP contribution in [-0.2, 0) is 14.3 Å². The van der Waals surface area contributed by atoms with Crippen LogP contribution in [0.1, 0.15) is 46.4 Å². The van der Waals surface area contributed by atoms with E-state index in [1.54, 1.807) is 19.1 Å². The van der Waals surface area contributed by atoms with Crippen LogP contribution in [0.4, 0.5) is 4.79 Å². The van der Waals surface area contributed by atoms with Crippen molar-refractivity contribution in [2.45, 2.75) is 46.2 Å². The minimum atomic E-state index is -0.769. The van der Waals surface area contributed by atoms with Gasteiger partial charge in [-0.1, -0.05) is 6.92 Å². The molecule has 0 saturated carbocycles. The lowest BCUT2D eigenvalue weighted by Crippen LogP contribution is -2.50. The monoisotopic (exact) mass is 406 g/mol. The Kier molecular flexibility index (Phi) is 7.44. The molecular weight excluding hydrogens is 376 g/mol. The fourth-order valence-electron chi connectivity index (χ4n) is 3.03. The summed E-state index contributed by atoms with van der Waals surface area (Å²) in [7, 11) is 0. The maximum Gasteiger partial charge on any atom is 0.338 e. The molecule has 3 N–H and O–H groups in total. The molecule has 0 aromatic carbocycles. The van der Waals surface area contributed by atoms with E-state index in [0.717, 1.165) is 0 Å². The van der Waals surface area contributed by atoms with Gasteiger partial charge in [-0.2, -0.15) is 0 Å². The Balaban J connectivity index is 2.32. The molecule has 0 bridgehead atoms. The Labute approximate surface area is 170 Å². The predicted molar refractivity (Wildman–Crippen MR) is 107 cm³/mol. The number of furan rings is 1. The molecule has 0 fully saturated rings. The average Bonchev–Trinajstić information content (AvgIpc) is 3.13. The molecule has 1 aliphatic rings. The number of esters is 1. The van der Waals surface area contributed by atoms with E-state index >= 15 is 0 Å². The molecule has 9 nitrogen and oxygen atoms in total. The first-order valence-electron chi connectivity index (χ1n) is 9.69. The average molecular weight is 406 g/mol. The number of hydrogen-bond donors (Lipinski definition) is 3. The van der Waals surface area contributed by atoms with Crippen molar-refractivity contribution < 1.29 is 23.5 Å². The first-order valence-corrected chi connectivity index (χ1v) is 9.69. The van der Waals surface area contributed by atoms with Crippen LogP contribution in [0.5, 0.6) is 0 Å². The van der Waals surface area contributed by atoms with Crippen molar-refractivity contribution in [2.75, 3.05) is 26.2 Å². The van der Waals surface area contributed by atoms with Crippen LogP contribution in [-0.4, -0.2) is 54.6 Å². The van der Waals surface area contributed by atoms with E-state index in [2.05, 4.69) is 16.0 Å². The highest BCUT2D eigenvalue weighted by Gasteiger charge is 2.35. The topological polar surface area (TPSA) is 113 Å². The van der Waals surface area contributed by atoms with E-state index in [4.69, 9.17) is 9.15 Å². The van der Waals surface area contributed by atoms with E-state index in [1.165, 1.54) is 6.26 Å². The third-order valence-electron chi connectivity index (χ3n) is 4.19. The van der Waals surface area contributed by atoms with Crippen LogP contribution >= 0.6 is 0 Å². The SMILES string of the molecule is CCOC(=O)C1=C(CN(CC)CC(=O)NC(C)(C)C)NC(=O)N[C@H]1c1ccco1. The minimum Gasteiger partial charge on any atom is -0.467 e. The number of nitrogens with zero attached hydrogens (tertiary/aromatic N) is 1. The Hall–Kier alpha value is -2.81. The first kappa shape index (κ1) is 22.5. The largest absolute Gasteiger partial charge is 0.467 e. The van der Waals surface area contributed by atoms with Crippen molar-refractivity contribution in [1.82, 2.24) is 20.9 Å². The predicted octanol–water partition coefficient (Wildman–Crippen LogP) is 1.69. The normalized spacial score (nSPS) is 17.0. The number of nitrogens with one attached hydrogen (secondary N) is 3. The number of urea groups is 1. The minimum absolute atomic E-state index is 0.127. The molecule has 0 aliphatic carbocycles. The van der Waals surface area contributed by atoms with Crippen molar-refractivity contribution >= 4 is 17.9 Å². The van der Waals surface area contributed by atoms with Gasteiger partial charge in [0.25, 0.3) is 0 Å². The third kappa shape index (κ3) is 6.35. The maximum absolute atomic E-state index is 12.7. The molecule has 1 aromatic heterocycles. The lowest BCUT2D eigenvalue weighted by Gasteiger charge is -2.31. The third-order valence-corrected chi connectivity index (χ3v) is 4.19. The highest BCUT2D eigenvalue weighted by molar-refractivity contribution is 5.95. The Morgan fingerprint density at radius 2 is 2.03 bits per heavy atom. The quantitative estimate of drug-likeness (QED) is 0.566. The van der Waals surface area contributed by atoms with Crippen molar-refractivity contribution in [1.29, 1.82) is 0 Å². The summed E-state index contributed by atoms with van der Waals surface area (Å²) in [4.78, 5) is 39.1. The second-order valence-corrected chi connectivity index (χ2v) is 7.76. The number of ether oxygens (including phenoxy) is 1. The van der Waals surface area contributed by atoms with Gasteiger partial charge in [0.15, 0.2) is 0 Å². The molecular formula is C20H30N4O5. The van der Waals surface area contributed by atoms with Gasteiger partial charge in [-0.15, -0.1) is 0 Å². The van der Waals surface area contributed by atoms with Gasteiger partial charge >= 0.3 is 12.0 Å².